The van der Waals surface area contributed by atoms with E-state index in [1.165, 1.54) is 13.2 Å². The van der Waals surface area contributed by atoms with Gasteiger partial charge in [-0.1, -0.05) is 0 Å². The number of aryl methyl sites for hydroxylation is 2. The number of phenols is 3. The minimum atomic E-state index is -0.362. The van der Waals surface area contributed by atoms with Crippen LogP contribution in [0.2, 0.25) is 0 Å². The minimum Gasteiger partial charge on any atom is -0.504 e. The van der Waals surface area contributed by atoms with Crippen molar-refractivity contribution >= 4 is 0 Å². The zero-order chi connectivity index (χ0) is 14.9. The van der Waals surface area contributed by atoms with Crippen LogP contribution in [0.25, 0.3) is 0 Å². The van der Waals surface area contributed by atoms with Crippen LogP contribution in [0, 0.1) is 13.8 Å². The van der Waals surface area contributed by atoms with E-state index in [-0.39, 0.29) is 34.5 Å². The highest BCUT2D eigenvalue weighted by Gasteiger charge is 2.16. The molecule has 2 aromatic carbocycles. The Hall–Kier alpha value is -2.56. The van der Waals surface area contributed by atoms with Gasteiger partial charge in [0, 0.05) is 0 Å². The van der Waals surface area contributed by atoms with Crippen molar-refractivity contribution in [3.63, 3.8) is 0 Å². The molecule has 5 heteroatoms. The second-order valence-corrected chi connectivity index (χ2v) is 4.55. The molecule has 0 radical (unpaired) electrons. The van der Waals surface area contributed by atoms with Crippen LogP contribution in [0.15, 0.2) is 24.3 Å². The fourth-order valence-electron chi connectivity index (χ4n) is 1.93. The quantitative estimate of drug-likeness (QED) is 0.750. The number of ether oxygens (including phenoxy) is 2. The Bertz CT molecular complexity index is 649. The summed E-state index contributed by atoms with van der Waals surface area (Å²) in [5, 5.41) is 29.2. The zero-order valence-corrected chi connectivity index (χ0v) is 11.5. The molecule has 0 aliphatic rings. The van der Waals surface area contributed by atoms with Gasteiger partial charge in [-0.3, -0.25) is 0 Å². The maximum absolute atomic E-state index is 9.81. The molecular formula is C15H16O5. The number of methoxy groups -OCH3 is 1. The molecule has 0 aliphatic heterocycles. The lowest BCUT2D eigenvalue weighted by Gasteiger charge is -2.14. The smallest absolute Gasteiger partial charge is 0.203 e. The third kappa shape index (κ3) is 2.56. The van der Waals surface area contributed by atoms with E-state index in [1.54, 1.807) is 32.0 Å². The van der Waals surface area contributed by atoms with E-state index in [1.807, 2.05) is 0 Å². The van der Waals surface area contributed by atoms with Gasteiger partial charge in [-0.2, -0.15) is 0 Å². The molecule has 20 heavy (non-hydrogen) atoms. The van der Waals surface area contributed by atoms with Crippen LogP contribution in [0.4, 0.5) is 0 Å². The van der Waals surface area contributed by atoms with Crippen molar-refractivity contribution < 1.29 is 24.8 Å². The lowest BCUT2D eigenvalue weighted by molar-refractivity contribution is 0.337. The average molecular weight is 276 g/mol. The van der Waals surface area contributed by atoms with E-state index >= 15 is 0 Å². The predicted octanol–water partition coefficient (Wildman–Crippen LogP) is 3.22. The third-order valence-electron chi connectivity index (χ3n) is 2.80. The molecule has 0 spiro atoms. The highest BCUT2D eigenvalue weighted by Crippen LogP contribution is 2.44. The van der Waals surface area contributed by atoms with Gasteiger partial charge in [-0.15, -0.1) is 0 Å². The molecule has 3 N–H and O–H groups in total. The maximum Gasteiger partial charge on any atom is 0.203 e. The lowest BCUT2D eigenvalue weighted by atomic mass is 10.2. The van der Waals surface area contributed by atoms with Crippen LogP contribution >= 0.6 is 0 Å². The molecule has 2 aromatic rings. The summed E-state index contributed by atoms with van der Waals surface area (Å²) in [4.78, 5) is 0. The van der Waals surface area contributed by atoms with Crippen molar-refractivity contribution in [2.75, 3.05) is 7.11 Å². The molecule has 0 aromatic heterocycles. The summed E-state index contributed by atoms with van der Waals surface area (Å²) in [7, 11) is 1.41. The van der Waals surface area contributed by atoms with Crippen molar-refractivity contribution in [1.82, 2.24) is 0 Å². The standard InChI is InChI=1S/C15H16O5/c1-8-4-10(16)14(18)12(6-8)20-13-7-9(2)5-11(17)15(13)19-3/h4-7,16-18H,1-3H3. The van der Waals surface area contributed by atoms with E-state index in [2.05, 4.69) is 0 Å². The second-order valence-electron chi connectivity index (χ2n) is 4.55. The molecule has 5 nitrogen and oxygen atoms in total. The van der Waals surface area contributed by atoms with Gasteiger partial charge < -0.3 is 24.8 Å². The first-order valence-electron chi connectivity index (χ1n) is 6.00. The lowest BCUT2D eigenvalue weighted by Crippen LogP contribution is -1.93. The molecule has 0 aliphatic carbocycles. The number of phenolic OH excluding ortho intramolecular Hbond substituents is 3. The van der Waals surface area contributed by atoms with E-state index in [0.717, 1.165) is 11.1 Å². The first-order valence-corrected chi connectivity index (χ1v) is 6.00. The highest BCUT2D eigenvalue weighted by atomic mass is 16.5. The molecule has 0 saturated carbocycles. The number of hydrogen-bond donors (Lipinski definition) is 3. The Morgan fingerprint density at radius 1 is 0.800 bits per heavy atom. The SMILES string of the molecule is COc1c(O)cc(C)cc1Oc1cc(C)cc(O)c1O. The number of benzene rings is 2. The summed E-state index contributed by atoms with van der Waals surface area (Å²) in [6.07, 6.45) is 0. The Labute approximate surface area is 116 Å². The normalized spacial score (nSPS) is 10.3. The summed E-state index contributed by atoms with van der Waals surface area (Å²) in [6, 6.07) is 6.21. The van der Waals surface area contributed by atoms with E-state index in [4.69, 9.17) is 9.47 Å². The number of hydrogen-bond acceptors (Lipinski definition) is 5. The zero-order valence-electron chi connectivity index (χ0n) is 11.5. The highest BCUT2D eigenvalue weighted by molar-refractivity contribution is 5.57. The molecule has 106 valence electrons. The van der Waals surface area contributed by atoms with Crippen LogP contribution in [0.3, 0.4) is 0 Å². The Morgan fingerprint density at radius 2 is 1.35 bits per heavy atom. The average Bonchev–Trinajstić information content (AvgIpc) is 2.35. The van der Waals surface area contributed by atoms with Gasteiger partial charge in [0.15, 0.2) is 23.0 Å². The molecular weight excluding hydrogens is 260 g/mol. The second kappa shape index (κ2) is 5.21. The summed E-state index contributed by atoms with van der Waals surface area (Å²) in [5.74, 6) is -0.180. The molecule has 0 bridgehead atoms. The number of aromatic hydroxyl groups is 3. The van der Waals surface area contributed by atoms with Crippen molar-refractivity contribution in [3.05, 3.63) is 35.4 Å². The molecule has 0 heterocycles. The van der Waals surface area contributed by atoms with Crippen LogP contribution in [0.5, 0.6) is 34.5 Å². The molecule has 0 atom stereocenters. The van der Waals surface area contributed by atoms with Gasteiger partial charge in [0.05, 0.1) is 7.11 Å². The topological polar surface area (TPSA) is 79.2 Å². The Morgan fingerprint density at radius 3 is 1.95 bits per heavy atom. The summed E-state index contributed by atoms with van der Waals surface area (Å²) >= 11 is 0. The monoisotopic (exact) mass is 276 g/mol. The first-order chi connectivity index (χ1) is 9.42. The first kappa shape index (κ1) is 13.9. The van der Waals surface area contributed by atoms with Crippen LogP contribution in [-0.2, 0) is 0 Å². The maximum atomic E-state index is 9.81. The van der Waals surface area contributed by atoms with Crippen molar-refractivity contribution in [2.45, 2.75) is 13.8 Å². The fraction of sp³-hybridized carbons (Fsp3) is 0.200. The van der Waals surface area contributed by atoms with Gasteiger partial charge in [-0.05, 0) is 49.2 Å². The van der Waals surface area contributed by atoms with Crippen molar-refractivity contribution in [2.24, 2.45) is 0 Å². The van der Waals surface area contributed by atoms with Gasteiger partial charge in [-0.25, -0.2) is 0 Å². The van der Waals surface area contributed by atoms with Crippen LogP contribution < -0.4 is 9.47 Å². The molecule has 0 unspecified atom stereocenters. The van der Waals surface area contributed by atoms with Gasteiger partial charge in [0.1, 0.15) is 0 Å². The fourth-order valence-corrected chi connectivity index (χ4v) is 1.93. The largest absolute Gasteiger partial charge is 0.504 e. The molecule has 0 saturated heterocycles. The van der Waals surface area contributed by atoms with Crippen molar-refractivity contribution in [3.8, 4) is 34.5 Å². The van der Waals surface area contributed by atoms with E-state index in [0.29, 0.717) is 0 Å². The third-order valence-corrected chi connectivity index (χ3v) is 2.80. The predicted molar refractivity (Wildman–Crippen MR) is 74.0 cm³/mol. The minimum absolute atomic E-state index is 0.0566. The Balaban J connectivity index is 2.50. The van der Waals surface area contributed by atoms with E-state index < -0.39 is 0 Å². The number of rotatable bonds is 3. The molecule has 0 amide bonds. The van der Waals surface area contributed by atoms with E-state index in [9.17, 15) is 15.3 Å². The van der Waals surface area contributed by atoms with Gasteiger partial charge >= 0.3 is 0 Å². The molecule has 0 fully saturated rings. The van der Waals surface area contributed by atoms with Gasteiger partial charge in [0.25, 0.3) is 0 Å². The summed E-state index contributed by atoms with van der Waals surface area (Å²) in [6.45, 7) is 3.55. The van der Waals surface area contributed by atoms with Crippen LogP contribution in [0.1, 0.15) is 11.1 Å². The Kier molecular flexibility index (Phi) is 3.61. The molecule has 2 rings (SSSR count). The van der Waals surface area contributed by atoms with Crippen molar-refractivity contribution in [1.29, 1.82) is 0 Å². The summed E-state index contributed by atoms with van der Waals surface area (Å²) < 4.78 is 10.6. The van der Waals surface area contributed by atoms with Gasteiger partial charge in [0.2, 0.25) is 11.5 Å². The van der Waals surface area contributed by atoms with Crippen LogP contribution in [-0.4, -0.2) is 22.4 Å². The summed E-state index contributed by atoms with van der Waals surface area (Å²) in [5.41, 5.74) is 1.50.